The first-order valence-corrected chi connectivity index (χ1v) is 7.09. The zero-order valence-electron chi connectivity index (χ0n) is 13.8. The van der Waals surface area contributed by atoms with E-state index in [2.05, 4.69) is 5.32 Å². The van der Waals surface area contributed by atoms with Crippen LogP contribution in [0, 0.1) is 0 Å². The van der Waals surface area contributed by atoms with Gasteiger partial charge in [0.2, 0.25) is 5.75 Å². The van der Waals surface area contributed by atoms with Crippen molar-refractivity contribution in [2.75, 3.05) is 39.5 Å². The maximum Gasteiger partial charge on any atom is 0.203 e. The topological polar surface area (TPSA) is 75.0 Å². The number of nitrogen functional groups attached to an aromatic ring is 1. The Bertz CT molecular complexity index is 649. The van der Waals surface area contributed by atoms with Crippen molar-refractivity contribution in [2.24, 2.45) is 0 Å². The number of ether oxygens (including phenoxy) is 4. The Balaban J connectivity index is 2.18. The molecule has 0 aliphatic rings. The second-order valence-corrected chi connectivity index (χ2v) is 4.84. The van der Waals surface area contributed by atoms with Gasteiger partial charge in [-0.3, -0.25) is 0 Å². The standard InChI is InChI=1S/C17H22N2O4/c1-20-14-6-5-11(7-13(14)18)10-19-12-8-15(21-2)17(23-4)16(9-12)22-3/h5-9,19H,10,18H2,1-4H3. The minimum atomic E-state index is 0.564. The molecule has 0 heterocycles. The molecule has 0 aromatic heterocycles. The molecule has 0 unspecified atom stereocenters. The lowest BCUT2D eigenvalue weighted by Gasteiger charge is -2.15. The fourth-order valence-corrected chi connectivity index (χ4v) is 2.28. The van der Waals surface area contributed by atoms with Gasteiger partial charge in [0.15, 0.2) is 11.5 Å². The summed E-state index contributed by atoms with van der Waals surface area (Å²) in [6.45, 7) is 0.604. The average Bonchev–Trinajstić information content (AvgIpc) is 2.58. The monoisotopic (exact) mass is 318 g/mol. The van der Waals surface area contributed by atoms with Gasteiger partial charge in [0.05, 0.1) is 34.1 Å². The van der Waals surface area contributed by atoms with Crippen LogP contribution in [0.3, 0.4) is 0 Å². The molecule has 23 heavy (non-hydrogen) atoms. The minimum Gasteiger partial charge on any atom is -0.495 e. The van der Waals surface area contributed by atoms with Gasteiger partial charge in [-0.05, 0) is 17.7 Å². The SMILES string of the molecule is COc1ccc(CNc2cc(OC)c(OC)c(OC)c2)cc1N. The maximum atomic E-state index is 5.92. The summed E-state index contributed by atoms with van der Waals surface area (Å²) in [7, 11) is 6.35. The molecule has 2 aromatic carbocycles. The van der Waals surface area contributed by atoms with Crippen LogP contribution in [0.1, 0.15) is 5.56 Å². The summed E-state index contributed by atoms with van der Waals surface area (Å²) in [4.78, 5) is 0. The maximum absolute atomic E-state index is 5.92. The third-order valence-electron chi connectivity index (χ3n) is 3.46. The van der Waals surface area contributed by atoms with E-state index >= 15 is 0 Å². The summed E-state index contributed by atoms with van der Waals surface area (Å²) in [6.07, 6.45) is 0. The Morgan fingerprint density at radius 3 is 1.91 bits per heavy atom. The van der Waals surface area contributed by atoms with Crippen LogP contribution < -0.4 is 30.0 Å². The smallest absolute Gasteiger partial charge is 0.203 e. The highest BCUT2D eigenvalue weighted by atomic mass is 16.5. The molecule has 0 amide bonds. The van der Waals surface area contributed by atoms with Gasteiger partial charge < -0.3 is 30.0 Å². The Kier molecular flexibility index (Phi) is 5.41. The number of rotatable bonds is 7. The van der Waals surface area contributed by atoms with E-state index in [0.717, 1.165) is 11.3 Å². The summed E-state index contributed by atoms with van der Waals surface area (Å²) in [5.74, 6) is 2.43. The van der Waals surface area contributed by atoms with E-state index in [1.807, 2.05) is 30.3 Å². The van der Waals surface area contributed by atoms with Crippen LogP contribution in [-0.2, 0) is 6.54 Å². The lowest BCUT2D eigenvalue weighted by molar-refractivity contribution is 0.324. The Labute approximate surface area is 136 Å². The highest BCUT2D eigenvalue weighted by molar-refractivity contribution is 5.63. The van der Waals surface area contributed by atoms with Gasteiger partial charge in [0.1, 0.15) is 5.75 Å². The molecule has 0 aliphatic carbocycles. The van der Waals surface area contributed by atoms with Crippen LogP contribution in [-0.4, -0.2) is 28.4 Å². The highest BCUT2D eigenvalue weighted by Gasteiger charge is 2.13. The van der Waals surface area contributed by atoms with E-state index in [4.69, 9.17) is 24.7 Å². The number of anilines is 2. The summed E-state index contributed by atoms with van der Waals surface area (Å²) in [5, 5.41) is 3.31. The third-order valence-corrected chi connectivity index (χ3v) is 3.46. The number of methoxy groups -OCH3 is 4. The normalized spacial score (nSPS) is 10.1. The quantitative estimate of drug-likeness (QED) is 0.765. The summed E-state index contributed by atoms with van der Waals surface area (Å²) in [5.41, 5.74) is 8.42. The largest absolute Gasteiger partial charge is 0.495 e. The molecule has 0 saturated heterocycles. The summed E-state index contributed by atoms with van der Waals surface area (Å²) >= 11 is 0. The fraction of sp³-hybridized carbons (Fsp3) is 0.294. The van der Waals surface area contributed by atoms with E-state index in [-0.39, 0.29) is 0 Å². The molecule has 0 fully saturated rings. The van der Waals surface area contributed by atoms with Crippen molar-refractivity contribution < 1.29 is 18.9 Å². The fourth-order valence-electron chi connectivity index (χ4n) is 2.28. The van der Waals surface area contributed by atoms with Crippen molar-refractivity contribution in [3.05, 3.63) is 35.9 Å². The molecule has 2 rings (SSSR count). The van der Waals surface area contributed by atoms with Crippen LogP contribution in [0.2, 0.25) is 0 Å². The van der Waals surface area contributed by atoms with Gasteiger partial charge in [-0.1, -0.05) is 6.07 Å². The molecule has 0 saturated carbocycles. The van der Waals surface area contributed by atoms with Gasteiger partial charge in [-0.15, -0.1) is 0 Å². The minimum absolute atomic E-state index is 0.564. The lowest BCUT2D eigenvalue weighted by atomic mass is 10.1. The van der Waals surface area contributed by atoms with Crippen molar-refractivity contribution in [1.29, 1.82) is 0 Å². The number of nitrogens with two attached hydrogens (primary N) is 1. The third kappa shape index (κ3) is 3.71. The van der Waals surface area contributed by atoms with Crippen molar-refractivity contribution >= 4 is 11.4 Å². The average molecular weight is 318 g/mol. The van der Waals surface area contributed by atoms with Crippen LogP contribution in [0.25, 0.3) is 0 Å². The zero-order chi connectivity index (χ0) is 16.8. The zero-order valence-corrected chi connectivity index (χ0v) is 13.8. The van der Waals surface area contributed by atoms with Crippen LogP contribution in [0.15, 0.2) is 30.3 Å². The van der Waals surface area contributed by atoms with Gasteiger partial charge in [-0.2, -0.15) is 0 Å². The molecule has 3 N–H and O–H groups in total. The predicted octanol–water partition coefficient (Wildman–Crippen LogP) is 2.92. The predicted molar refractivity (Wildman–Crippen MR) is 90.8 cm³/mol. The molecule has 0 aliphatic heterocycles. The molecule has 0 radical (unpaired) electrons. The molecule has 6 heteroatoms. The van der Waals surface area contributed by atoms with E-state index in [1.54, 1.807) is 28.4 Å². The number of benzene rings is 2. The van der Waals surface area contributed by atoms with Crippen LogP contribution in [0.5, 0.6) is 23.0 Å². The first-order valence-electron chi connectivity index (χ1n) is 7.09. The number of nitrogens with one attached hydrogen (secondary N) is 1. The van der Waals surface area contributed by atoms with Gasteiger partial charge in [-0.25, -0.2) is 0 Å². The summed E-state index contributed by atoms with van der Waals surface area (Å²) in [6, 6.07) is 9.40. The molecule has 124 valence electrons. The Morgan fingerprint density at radius 1 is 0.826 bits per heavy atom. The lowest BCUT2D eigenvalue weighted by Crippen LogP contribution is -2.03. The number of hydrogen-bond acceptors (Lipinski definition) is 6. The molecule has 0 spiro atoms. The molecular weight excluding hydrogens is 296 g/mol. The molecule has 6 nitrogen and oxygen atoms in total. The molecule has 0 atom stereocenters. The second-order valence-electron chi connectivity index (χ2n) is 4.84. The van der Waals surface area contributed by atoms with E-state index in [1.165, 1.54) is 0 Å². The van der Waals surface area contributed by atoms with E-state index in [9.17, 15) is 0 Å². The summed E-state index contributed by atoms with van der Waals surface area (Å²) < 4.78 is 21.1. The molecular formula is C17H22N2O4. The van der Waals surface area contributed by atoms with Gasteiger partial charge in [0, 0.05) is 24.4 Å². The van der Waals surface area contributed by atoms with E-state index in [0.29, 0.717) is 35.2 Å². The van der Waals surface area contributed by atoms with Crippen molar-refractivity contribution in [3.8, 4) is 23.0 Å². The van der Waals surface area contributed by atoms with Gasteiger partial charge >= 0.3 is 0 Å². The Hall–Kier alpha value is -2.76. The molecule has 0 bridgehead atoms. The van der Waals surface area contributed by atoms with Crippen molar-refractivity contribution in [3.63, 3.8) is 0 Å². The second kappa shape index (κ2) is 7.49. The van der Waals surface area contributed by atoms with Crippen molar-refractivity contribution in [1.82, 2.24) is 0 Å². The first-order chi connectivity index (χ1) is 11.1. The van der Waals surface area contributed by atoms with Crippen LogP contribution in [0.4, 0.5) is 11.4 Å². The van der Waals surface area contributed by atoms with E-state index < -0.39 is 0 Å². The Morgan fingerprint density at radius 2 is 1.43 bits per heavy atom. The van der Waals surface area contributed by atoms with Crippen LogP contribution >= 0.6 is 0 Å². The highest BCUT2D eigenvalue weighted by Crippen LogP contribution is 2.40. The number of hydrogen-bond donors (Lipinski definition) is 2. The first kappa shape index (κ1) is 16.6. The van der Waals surface area contributed by atoms with Gasteiger partial charge in [0.25, 0.3) is 0 Å². The molecule has 2 aromatic rings. The van der Waals surface area contributed by atoms with Crippen molar-refractivity contribution in [2.45, 2.75) is 6.54 Å².